The van der Waals surface area contributed by atoms with Gasteiger partial charge in [0.15, 0.2) is 0 Å². The van der Waals surface area contributed by atoms with Crippen LogP contribution in [-0.2, 0) is 14.8 Å². The van der Waals surface area contributed by atoms with Crippen molar-refractivity contribution in [2.24, 2.45) is 5.92 Å². The quantitative estimate of drug-likeness (QED) is 0.688. The van der Waals surface area contributed by atoms with Crippen molar-refractivity contribution in [3.63, 3.8) is 0 Å². The summed E-state index contributed by atoms with van der Waals surface area (Å²) < 4.78 is 27.4. The maximum Gasteiger partial charge on any atom is 0.243 e. The highest BCUT2D eigenvalue weighted by molar-refractivity contribution is 7.89. The molecule has 2 heterocycles. The number of hydrogen-bond donors (Lipinski definition) is 0. The number of carbonyl (C=O) groups excluding carboxylic acids is 1. The topological polar surface area (TPSA) is 60.9 Å². The number of likely N-dealkylation sites (tertiary alicyclic amines) is 1. The summed E-state index contributed by atoms with van der Waals surface area (Å²) in [5, 5.41) is 0. The molecule has 2 aliphatic rings. The van der Waals surface area contributed by atoms with Crippen LogP contribution in [0.25, 0.3) is 0 Å². The van der Waals surface area contributed by atoms with E-state index in [1.165, 1.54) is 4.31 Å². The number of hydrogen-bond acceptors (Lipinski definition) is 4. The minimum Gasteiger partial charge on any atom is -0.340 e. The van der Waals surface area contributed by atoms with Gasteiger partial charge in [-0.15, -0.1) is 6.42 Å². The molecule has 0 radical (unpaired) electrons. The molecule has 0 N–H and O–H groups in total. The van der Waals surface area contributed by atoms with E-state index >= 15 is 0 Å². The van der Waals surface area contributed by atoms with Gasteiger partial charge in [-0.25, -0.2) is 8.42 Å². The van der Waals surface area contributed by atoms with Crippen LogP contribution in [0.1, 0.15) is 38.2 Å². The molecule has 2 saturated heterocycles. The summed E-state index contributed by atoms with van der Waals surface area (Å²) in [5.74, 6) is 3.19. The molecular weight excluding hydrogens is 386 g/mol. The van der Waals surface area contributed by atoms with E-state index in [0.29, 0.717) is 43.5 Å². The number of sulfonamides is 1. The highest BCUT2D eigenvalue weighted by Crippen LogP contribution is 2.23. The van der Waals surface area contributed by atoms with Crippen LogP contribution in [0.15, 0.2) is 29.2 Å². The van der Waals surface area contributed by atoms with Gasteiger partial charge in [0.1, 0.15) is 0 Å². The lowest BCUT2D eigenvalue weighted by Gasteiger charge is -2.37. The molecule has 0 bridgehead atoms. The molecular formula is C22H31N3O3S. The van der Waals surface area contributed by atoms with Crippen molar-refractivity contribution in [3.05, 3.63) is 29.8 Å². The SMILES string of the molecule is C#CCN1CCC(C(=O)N2CCN(S(=O)(=O)c3ccc(C(C)C)cc3)CC2)CC1. The molecule has 158 valence electrons. The average Bonchev–Trinajstić information content (AvgIpc) is 2.74. The largest absolute Gasteiger partial charge is 0.340 e. The summed E-state index contributed by atoms with van der Waals surface area (Å²) >= 11 is 0. The van der Waals surface area contributed by atoms with Crippen molar-refractivity contribution in [2.75, 3.05) is 45.8 Å². The molecule has 0 aliphatic carbocycles. The van der Waals surface area contributed by atoms with Crippen molar-refractivity contribution >= 4 is 15.9 Å². The Morgan fingerprint density at radius 1 is 1.07 bits per heavy atom. The Balaban J connectivity index is 1.56. The van der Waals surface area contributed by atoms with Gasteiger partial charge in [0.2, 0.25) is 15.9 Å². The van der Waals surface area contributed by atoms with E-state index in [-0.39, 0.29) is 11.8 Å². The van der Waals surface area contributed by atoms with Gasteiger partial charge in [-0.2, -0.15) is 4.31 Å². The molecule has 2 fully saturated rings. The Labute approximate surface area is 174 Å². The van der Waals surface area contributed by atoms with Crippen LogP contribution in [0.3, 0.4) is 0 Å². The molecule has 0 unspecified atom stereocenters. The molecule has 0 spiro atoms. The predicted octanol–water partition coefficient (Wildman–Crippen LogP) is 1.99. The number of piperidine rings is 1. The van der Waals surface area contributed by atoms with Crippen molar-refractivity contribution in [1.29, 1.82) is 0 Å². The molecule has 0 atom stereocenters. The van der Waals surface area contributed by atoms with E-state index in [1.807, 2.05) is 17.0 Å². The van der Waals surface area contributed by atoms with Gasteiger partial charge in [-0.1, -0.05) is 31.9 Å². The van der Waals surface area contributed by atoms with Crippen LogP contribution in [-0.4, -0.2) is 74.2 Å². The Bertz CT molecular complexity index is 842. The number of carbonyl (C=O) groups is 1. The maximum absolute atomic E-state index is 12.9. The summed E-state index contributed by atoms with van der Waals surface area (Å²) in [6, 6.07) is 7.13. The van der Waals surface area contributed by atoms with Gasteiger partial charge in [0.05, 0.1) is 11.4 Å². The smallest absolute Gasteiger partial charge is 0.243 e. The first-order valence-electron chi connectivity index (χ1n) is 10.4. The van der Waals surface area contributed by atoms with Crippen molar-refractivity contribution in [2.45, 2.75) is 37.5 Å². The third-order valence-electron chi connectivity index (χ3n) is 5.99. The monoisotopic (exact) mass is 417 g/mol. The van der Waals surface area contributed by atoms with Gasteiger partial charge < -0.3 is 4.90 Å². The average molecular weight is 418 g/mol. The molecule has 29 heavy (non-hydrogen) atoms. The number of rotatable bonds is 5. The van der Waals surface area contributed by atoms with Crippen LogP contribution in [0.5, 0.6) is 0 Å². The summed E-state index contributed by atoms with van der Waals surface area (Å²) in [5.41, 5.74) is 1.12. The summed E-state index contributed by atoms with van der Waals surface area (Å²) in [6.45, 7) is 8.08. The third-order valence-corrected chi connectivity index (χ3v) is 7.90. The number of nitrogens with zero attached hydrogens (tertiary/aromatic N) is 3. The molecule has 1 aromatic carbocycles. The fourth-order valence-electron chi connectivity index (χ4n) is 4.05. The summed E-state index contributed by atoms with van der Waals surface area (Å²) in [4.78, 5) is 17.2. The number of benzene rings is 1. The highest BCUT2D eigenvalue weighted by Gasteiger charge is 2.33. The molecule has 1 aromatic rings. The second-order valence-electron chi connectivity index (χ2n) is 8.21. The normalized spacial score (nSPS) is 20.0. The fourth-order valence-corrected chi connectivity index (χ4v) is 5.47. The predicted molar refractivity (Wildman–Crippen MR) is 114 cm³/mol. The molecule has 2 aliphatic heterocycles. The van der Waals surface area contributed by atoms with E-state index in [9.17, 15) is 13.2 Å². The van der Waals surface area contributed by atoms with Crippen LogP contribution < -0.4 is 0 Å². The van der Waals surface area contributed by atoms with E-state index in [4.69, 9.17) is 6.42 Å². The first kappa shape index (κ1) is 21.8. The second-order valence-corrected chi connectivity index (χ2v) is 10.1. The lowest BCUT2D eigenvalue weighted by Crippen LogP contribution is -2.52. The van der Waals surface area contributed by atoms with E-state index in [1.54, 1.807) is 12.1 Å². The standard InChI is InChI=1S/C22H31N3O3S/c1-4-11-23-12-9-20(10-13-23)22(26)24-14-16-25(17-15-24)29(27,28)21-7-5-19(6-8-21)18(2)3/h1,5-8,18,20H,9-17H2,2-3H3. The number of terminal acetylenes is 1. The minimum absolute atomic E-state index is 0.0239. The Morgan fingerprint density at radius 3 is 2.17 bits per heavy atom. The van der Waals surface area contributed by atoms with Gasteiger partial charge in [-0.05, 0) is 49.5 Å². The zero-order chi connectivity index (χ0) is 21.0. The van der Waals surface area contributed by atoms with Crippen molar-refractivity contribution in [1.82, 2.24) is 14.1 Å². The molecule has 1 amide bonds. The van der Waals surface area contributed by atoms with Gasteiger partial charge >= 0.3 is 0 Å². The van der Waals surface area contributed by atoms with E-state index in [0.717, 1.165) is 31.5 Å². The lowest BCUT2D eigenvalue weighted by molar-refractivity contribution is -0.138. The number of piperazine rings is 1. The van der Waals surface area contributed by atoms with Crippen molar-refractivity contribution in [3.8, 4) is 12.3 Å². The summed E-state index contributed by atoms with van der Waals surface area (Å²) in [7, 11) is -3.52. The molecule has 0 saturated carbocycles. The Kier molecular flexibility index (Phi) is 6.99. The highest BCUT2D eigenvalue weighted by atomic mass is 32.2. The zero-order valence-electron chi connectivity index (χ0n) is 17.4. The van der Waals surface area contributed by atoms with Crippen LogP contribution in [0.2, 0.25) is 0 Å². The molecule has 0 aromatic heterocycles. The van der Waals surface area contributed by atoms with Gasteiger partial charge in [-0.3, -0.25) is 9.69 Å². The van der Waals surface area contributed by atoms with Crippen LogP contribution >= 0.6 is 0 Å². The molecule has 7 heteroatoms. The number of amides is 1. The Hall–Kier alpha value is -1.88. The Morgan fingerprint density at radius 2 is 1.66 bits per heavy atom. The molecule has 3 rings (SSSR count). The van der Waals surface area contributed by atoms with Gasteiger partial charge in [0, 0.05) is 32.1 Å². The van der Waals surface area contributed by atoms with E-state index < -0.39 is 10.0 Å². The van der Waals surface area contributed by atoms with Gasteiger partial charge in [0.25, 0.3) is 0 Å². The lowest BCUT2D eigenvalue weighted by atomic mass is 9.95. The zero-order valence-corrected chi connectivity index (χ0v) is 18.2. The third kappa shape index (κ3) is 5.00. The first-order valence-corrected chi connectivity index (χ1v) is 11.8. The van der Waals surface area contributed by atoms with E-state index in [2.05, 4.69) is 24.7 Å². The van der Waals surface area contributed by atoms with Crippen molar-refractivity contribution < 1.29 is 13.2 Å². The summed E-state index contributed by atoms with van der Waals surface area (Å²) in [6.07, 6.45) is 7.00. The fraction of sp³-hybridized carbons (Fsp3) is 0.591. The maximum atomic E-state index is 12.9. The van der Waals surface area contributed by atoms with Crippen LogP contribution in [0.4, 0.5) is 0 Å². The molecule has 6 nitrogen and oxygen atoms in total. The van der Waals surface area contributed by atoms with Crippen LogP contribution in [0, 0.1) is 18.3 Å². The first-order chi connectivity index (χ1) is 13.8. The second kappa shape index (κ2) is 9.29. The minimum atomic E-state index is -3.52.